The van der Waals surface area contributed by atoms with Crippen molar-refractivity contribution in [2.75, 3.05) is 18.9 Å². The highest BCUT2D eigenvalue weighted by molar-refractivity contribution is 9.10. The average molecular weight is 209 g/mol. The van der Waals surface area contributed by atoms with Crippen LogP contribution in [0.5, 0.6) is 0 Å². The molecule has 0 saturated carbocycles. The zero-order chi connectivity index (χ0) is 12.6. The third-order valence-corrected chi connectivity index (χ3v) is 1.41. The molecule has 3 heteroatoms. The maximum Gasteiger partial charge on any atom is 0.128 e. The van der Waals surface area contributed by atoms with Gasteiger partial charge in [-0.2, -0.15) is 0 Å². The molecule has 0 radical (unpaired) electrons. The summed E-state index contributed by atoms with van der Waals surface area (Å²) in [6.45, 7) is -5.52. The fraction of sp³-hybridized carbons (Fsp3) is 0.286. The molecular weight excluding hydrogens is 194 g/mol. The van der Waals surface area contributed by atoms with Crippen LogP contribution in [0.15, 0.2) is 22.8 Å². The van der Waals surface area contributed by atoms with Gasteiger partial charge in [0, 0.05) is 32.8 Å². The predicted octanol–water partition coefficient (Wildman–Crippen LogP) is 1.91. The maximum absolute atomic E-state index is 7.18. The van der Waals surface area contributed by atoms with Crippen LogP contribution >= 0.6 is 15.9 Å². The first-order chi connectivity index (χ1) is 7.12. The fourth-order valence-electron chi connectivity index (χ4n) is 0.500. The number of nitrogens with zero attached hydrogens (tertiary/aromatic N) is 2. The Kier molecular flexibility index (Phi) is 0.848. The molecule has 0 bridgehead atoms. The van der Waals surface area contributed by atoms with Crippen LogP contribution < -0.4 is 4.90 Å². The monoisotopic (exact) mass is 208 g/mol. The second-order valence-corrected chi connectivity index (χ2v) is 2.59. The summed E-state index contributed by atoms with van der Waals surface area (Å²) in [5, 5.41) is 0. The number of aromatic nitrogens is 1. The van der Waals surface area contributed by atoms with E-state index in [1.54, 1.807) is 0 Å². The van der Waals surface area contributed by atoms with Crippen molar-refractivity contribution in [1.29, 1.82) is 0 Å². The van der Waals surface area contributed by atoms with Crippen molar-refractivity contribution in [3.05, 3.63) is 22.8 Å². The summed E-state index contributed by atoms with van der Waals surface area (Å²) in [7, 11) is 0. The first-order valence-electron chi connectivity index (χ1n) is 5.54. The zero-order valence-electron chi connectivity index (χ0n) is 11.0. The Morgan fingerprint density at radius 2 is 2.40 bits per heavy atom. The first kappa shape index (κ1) is 2.81. The minimum Gasteiger partial charge on any atom is -0.363 e. The Labute approximate surface area is 77.4 Å². The van der Waals surface area contributed by atoms with E-state index >= 15 is 0 Å². The van der Waals surface area contributed by atoms with Crippen molar-refractivity contribution in [3.8, 4) is 0 Å². The Morgan fingerprint density at radius 1 is 1.60 bits per heavy atom. The molecular formula is C7H9BrN2. The molecule has 10 heavy (non-hydrogen) atoms. The van der Waals surface area contributed by atoms with Crippen LogP contribution in [-0.2, 0) is 0 Å². The normalized spacial score (nSPS) is 20.9. The smallest absolute Gasteiger partial charge is 0.128 e. The standard InChI is InChI=1S/C7H9BrN2/c1-10(2)7-4-3-6(8)5-9-7/h3-5H,1-2H3/i1+1D3,2+1D3. The van der Waals surface area contributed by atoms with Gasteiger partial charge < -0.3 is 4.90 Å². The SMILES string of the molecule is [2H][13C]([2H])([2H])N(c1ccc(Br)cn1)[13C]([2H])([2H])[2H]. The minimum absolute atomic E-state index is 0.108. The number of pyridine rings is 1. The lowest BCUT2D eigenvalue weighted by Crippen LogP contribution is -2.09. The van der Waals surface area contributed by atoms with Gasteiger partial charge in [0.25, 0.3) is 0 Å². The molecule has 0 N–H and O–H groups in total. The molecule has 1 aromatic heterocycles. The van der Waals surface area contributed by atoms with E-state index in [1.807, 2.05) is 0 Å². The van der Waals surface area contributed by atoms with Gasteiger partial charge in [-0.25, -0.2) is 4.98 Å². The van der Waals surface area contributed by atoms with Crippen molar-refractivity contribution in [2.24, 2.45) is 0 Å². The summed E-state index contributed by atoms with van der Waals surface area (Å²) in [6.07, 6.45) is 1.35. The highest BCUT2D eigenvalue weighted by atomic mass is 79.9. The third kappa shape index (κ3) is 1.70. The molecule has 0 atom stereocenters. The van der Waals surface area contributed by atoms with Crippen LogP contribution in [0.3, 0.4) is 0 Å². The van der Waals surface area contributed by atoms with Crippen LogP contribution in [0.25, 0.3) is 0 Å². The summed E-state index contributed by atoms with van der Waals surface area (Å²) in [6, 6.07) is 2.87. The van der Waals surface area contributed by atoms with Gasteiger partial charge in [-0.15, -0.1) is 0 Å². The van der Waals surface area contributed by atoms with Crippen molar-refractivity contribution >= 4 is 21.7 Å². The van der Waals surface area contributed by atoms with E-state index in [0.717, 1.165) is 0 Å². The Balaban J connectivity index is 3.18. The highest BCUT2D eigenvalue weighted by Crippen LogP contribution is 2.11. The van der Waals surface area contributed by atoms with Crippen LogP contribution in [0.2, 0.25) is 0 Å². The Hall–Kier alpha value is -0.570. The largest absolute Gasteiger partial charge is 0.363 e. The summed E-state index contributed by atoms with van der Waals surface area (Å²) in [5.41, 5.74) is 0. The quantitative estimate of drug-likeness (QED) is 0.656. The summed E-state index contributed by atoms with van der Waals surface area (Å²) in [4.78, 5) is 4.11. The van der Waals surface area contributed by atoms with Gasteiger partial charge in [-0.05, 0) is 28.1 Å². The average Bonchev–Trinajstić information content (AvgIpc) is 2.03. The number of halogens is 1. The third-order valence-electron chi connectivity index (χ3n) is 0.941. The molecule has 0 unspecified atom stereocenters. The van der Waals surface area contributed by atoms with Crippen molar-refractivity contribution < 1.29 is 8.22 Å². The van der Waals surface area contributed by atoms with Crippen LogP contribution in [0.1, 0.15) is 8.22 Å². The van der Waals surface area contributed by atoms with E-state index in [1.165, 1.54) is 18.3 Å². The van der Waals surface area contributed by atoms with Gasteiger partial charge in [0.15, 0.2) is 0 Å². The van der Waals surface area contributed by atoms with Gasteiger partial charge in [0.05, 0.1) is 0 Å². The second kappa shape index (κ2) is 3.01. The Morgan fingerprint density at radius 3 is 2.90 bits per heavy atom. The van der Waals surface area contributed by atoms with E-state index in [4.69, 9.17) is 8.22 Å². The molecule has 0 saturated heterocycles. The van der Waals surface area contributed by atoms with Crippen molar-refractivity contribution in [2.45, 2.75) is 0 Å². The molecule has 1 rings (SSSR count). The van der Waals surface area contributed by atoms with E-state index in [2.05, 4.69) is 20.9 Å². The van der Waals surface area contributed by atoms with Gasteiger partial charge >= 0.3 is 0 Å². The lowest BCUT2D eigenvalue weighted by molar-refractivity contribution is 1.07. The summed E-state index contributed by atoms with van der Waals surface area (Å²) < 4.78 is 43.7. The van der Waals surface area contributed by atoms with Gasteiger partial charge in [0.2, 0.25) is 0 Å². The van der Waals surface area contributed by atoms with Gasteiger partial charge in [0.1, 0.15) is 5.82 Å². The second-order valence-electron chi connectivity index (χ2n) is 1.67. The molecule has 1 heterocycles. The highest BCUT2D eigenvalue weighted by Gasteiger charge is 1.93. The summed E-state index contributed by atoms with van der Waals surface area (Å²) >= 11 is 3.13. The number of hydrogen-bond acceptors (Lipinski definition) is 2. The molecule has 0 fully saturated rings. The lowest BCUT2D eigenvalue weighted by atomic mass is 10.5. The molecule has 54 valence electrons. The molecule has 1 aromatic rings. The maximum atomic E-state index is 7.18. The van der Waals surface area contributed by atoms with Crippen molar-refractivity contribution in [3.63, 3.8) is 0 Å². The molecule has 0 amide bonds. The molecule has 0 aliphatic heterocycles. The molecule has 0 aliphatic carbocycles. The molecule has 0 aliphatic rings. The molecule has 0 spiro atoms. The molecule has 0 aromatic carbocycles. The first-order valence-corrected chi connectivity index (χ1v) is 3.33. The van der Waals surface area contributed by atoms with E-state index in [0.29, 0.717) is 9.37 Å². The van der Waals surface area contributed by atoms with E-state index in [9.17, 15) is 0 Å². The van der Waals surface area contributed by atoms with E-state index < -0.39 is 14.0 Å². The van der Waals surface area contributed by atoms with Gasteiger partial charge in [-0.1, -0.05) is 0 Å². The predicted molar refractivity (Wildman–Crippen MR) is 46.3 cm³/mol. The summed E-state index contributed by atoms with van der Waals surface area (Å²) in [5.74, 6) is -0.108. The van der Waals surface area contributed by atoms with Crippen LogP contribution in [-0.4, -0.2) is 18.9 Å². The number of anilines is 1. The van der Waals surface area contributed by atoms with Crippen molar-refractivity contribution in [1.82, 2.24) is 4.98 Å². The zero-order valence-corrected chi connectivity index (χ0v) is 6.59. The number of hydrogen-bond donors (Lipinski definition) is 0. The number of rotatable bonds is 1. The molecule has 2 nitrogen and oxygen atoms in total. The fourth-order valence-corrected chi connectivity index (χ4v) is 0.735. The Bertz CT molecular complexity index is 343. The van der Waals surface area contributed by atoms with Gasteiger partial charge in [-0.3, -0.25) is 0 Å². The minimum atomic E-state index is -2.76. The van der Waals surface area contributed by atoms with Crippen LogP contribution in [0.4, 0.5) is 5.82 Å². The topological polar surface area (TPSA) is 16.1 Å². The lowest BCUT2D eigenvalue weighted by Gasteiger charge is -2.09. The van der Waals surface area contributed by atoms with E-state index in [-0.39, 0.29) is 5.82 Å². The van der Waals surface area contributed by atoms with Crippen LogP contribution in [0, 0.1) is 0 Å².